The van der Waals surface area contributed by atoms with Gasteiger partial charge in [-0.05, 0) is 12.1 Å². The fourth-order valence-corrected chi connectivity index (χ4v) is 2.12. The molecule has 4 nitrogen and oxygen atoms in total. The van der Waals surface area contributed by atoms with Gasteiger partial charge in [-0.1, -0.05) is 36.1 Å². The first-order valence-corrected chi connectivity index (χ1v) is 8.09. The lowest BCUT2D eigenvalue weighted by Crippen LogP contribution is -2.36. The number of sulfone groups is 1. The van der Waals surface area contributed by atoms with Gasteiger partial charge in [-0.25, -0.2) is 8.42 Å². The number of carbonyl (C=O) groups is 1. The van der Waals surface area contributed by atoms with Gasteiger partial charge in [-0.15, -0.1) is 6.58 Å². The van der Waals surface area contributed by atoms with Crippen molar-refractivity contribution in [2.45, 2.75) is 0 Å². The van der Waals surface area contributed by atoms with E-state index >= 15 is 0 Å². The summed E-state index contributed by atoms with van der Waals surface area (Å²) < 4.78 is 22.3. The van der Waals surface area contributed by atoms with Crippen molar-refractivity contribution in [1.29, 1.82) is 0 Å². The maximum atomic E-state index is 11.8. The molecule has 20 heavy (non-hydrogen) atoms. The Morgan fingerprint density at radius 1 is 1.35 bits per heavy atom. The molecule has 0 unspecified atom stereocenters. The molecule has 1 aromatic rings. The molecule has 0 N–H and O–H groups in total. The molecule has 0 spiro atoms. The lowest BCUT2D eigenvalue weighted by Gasteiger charge is -2.17. The fraction of sp³-hybridized carbons (Fsp3) is 0.267. The molecule has 0 fully saturated rings. The van der Waals surface area contributed by atoms with E-state index in [2.05, 4.69) is 18.4 Å². The lowest BCUT2D eigenvalue weighted by molar-refractivity contribution is -0.127. The summed E-state index contributed by atoms with van der Waals surface area (Å²) in [4.78, 5) is 13.2. The third-order valence-corrected chi connectivity index (χ3v) is 3.14. The minimum Gasteiger partial charge on any atom is -0.327 e. The van der Waals surface area contributed by atoms with Crippen molar-refractivity contribution in [3.05, 3.63) is 48.6 Å². The molecule has 0 aliphatic heterocycles. The molecule has 0 aliphatic carbocycles. The van der Waals surface area contributed by atoms with Crippen LogP contribution in [0.15, 0.2) is 43.0 Å². The number of nitrogens with zero attached hydrogens (tertiary/aromatic N) is 1. The van der Waals surface area contributed by atoms with Crippen molar-refractivity contribution in [1.82, 2.24) is 4.90 Å². The van der Waals surface area contributed by atoms with Crippen LogP contribution in [0.1, 0.15) is 5.56 Å². The lowest BCUT2D eigenvalue weighted by atomic mass is 10.2. The third kappa shape index (κ3) is 6.21. The van der Waals surface area contributed by atoms with Gasteiger partial charge in [0.25, 0.3) is 0 Å². The number of hydrogen-bond acceptors (Lipinski definition) is 3. The predicted molar refractivity (Wildman–Crippen MR) is 79.8 cm³/mol. The molecule has 1 rings (SSSR count). The summed E-state index contributed by atoms with van der Waals surface area (Å²) in [5.74, 6) is 4.82. The Morgan fingerprint density at radius 2 is 2.00 bits per heavy atom. The largest absolute Gasteiger partial charge is 0.327 e. The Bertz CT molecular complexity index is 624. The highest BCUT2D eigenvalue weighted by Gasteiger charge is 2.16. The molecule has 0 aliphatic rings. The maximum absolute atomic E-state index is 11.8. The molecule has 0 atom stereocenters. The second-order valence-electron chi connectivity index (χ2n) is 4.30. The van der Waals surface area contributed by atoms with Crippen LogP contribution in [0.25, 0.3) is 0 Å². The summed E-state index contributed by atoms with van der Waals surface area (Å²) in [5, 5.41) is 0. The van der Waals surface area contributed by atoms with Gasteiger partial charge in [0.05, 0.1) is 6.54 Å². The second kappa shape index (κ2) is 7.51. The molecule has 106 valence electrons. The quantitative estimate of drug-likeness (QED) is 0.603. The van der Waals surface area contributed by atoms with Gasteiger partial charge >= 0.3 is 0 Å². The van der Waals surface area contributed by atoms with E-state index in [1.54, 1.807) is 6.08 Å². The number of rotatable bonds is 5. The van der Waals surface area contributed by atoms with E-state index in [4.69, 9.17) is 0 Å². The van der Waals surface area contributed by atoms with Gasteiger partial charge in [0.1, 0.15) is 5.75 Å². The Kier molecular flexibility index (Phi) is 6.01. The maximum Gasteiger partial charge on any atom is 0.238 e. The monoisotopic (exact) mass is 291 g/mol. The van der Waals surface area contributed by atoms with Gasteiger partial charge in [0.2, 0.25) is 5.91 Å². The van der Waals surface area contributed by atoms with Crippen molar-refractivity contribution in [2.75, 3.05) is 25.1 Å². The third-order valence-electron chi connectivity index (χ3n) is 2.36. The van der Waals surface area contributed by atoms with Crippen LogP contribution in [-0.2, 0) is 14.6 Å². The van der Waals surface area contributed by atoms with Gasteiger partial charge in [-0.2, -0.15) is 0 Å². The number of benzene rings is 1. The predicted octanol–water partition coefficient (Wildman–Crippen LogP) is 1.10. The molecule has 0 aromatic heterocycles. The highest BCUT2D eigenvalue weighted by atomic mass is 32.2. The molecule has 0 saturated heterocycles. The van der Waals surface area contributed by atoms with Crippen LogP contribution in [0.2, 0.25) is 0 Å². The average Bonchev–Trinajstić information content (AvgIpc) is 2.37. The smallest absolute Gasteiger partial charge is 0.238 e. The van der Waals surface area contributed by atoms with Crippen LogP contribution in [0.3, 0.4) is 0 Å². The molecule has 1 amide bonds. The first-order valence-electron chi connectivity index (χ1n) is 6.02. The van der Waals surface area contributed by atoms with Gasteiger partial charge < -0.3 is 4.90 Å². The van der Waals surface area contributed by atoms with Crippen molar-refractivity contribution in [3.63, 3.8) is 0 Å². The van der Waals surface area contributed by atoms with E-state index in [0.717, 1.165) is 11.8 Å². The van der Waals surface area contributed by atoms with Crippen molar-refractivity contribution in [2.24, 2.45) is 0 Å². The molecular weight excluding hydrogens is 274 g/mol. The second-order valence-corrected chi connectivity index (χ2v) is 6.44. The van der Waals surface area contributed by atoms with Crippen LogP contribution < -0.4 is 0 Å². The van der Waals surface area contributed by atoms with Crippen LogP contribution in [0, 0.1) is 11.8 Å². The zero-order valence-corrected chi connectivity index (χ0v) is 12.2. The van der Waals surface area contributed by atoms with E-state index < -0.39 is 21.5 Å². The number of hydrogen-bond donors (Lipinski definition) is 0. The van der Waals surface area contributed by atoms with E-state index in [9.17, 15) is 13.2 Å². The van der Waals surface area contributed by atoms with Crippen LogP contribution >= 0.6 is 0 Å². The van der Waals surface area contributed by atoms with E-state index in [-0.39, 0.29) is 13.1 Å². The van der Waals surface area contributed by atoms with Crippen molar-refractivity contribution >= 4 is 15.7 Å². The SMILES string of the molecule is C=CCN(CC#Cc1ccccc1)C(=O)CS(C)(=O)=O. The summed E-state index contributed by atoms with van der Waals surface area (Å²) >= 11 is 0. The Morgan fingerprint density at radius 3 is 2.55 bits per heavy atom. The summed E-state index contributed by atoms with van der Waals surface area (Å²) in [5.41, 5.74) is 0.849. The average molecular weight is 291 g/mol. The van der Waals surface area contributed by atoms with E-state index in [0.29, 0.717) is 0 Å². The van der Waals surface area contributed by atoms with Gasteiger partial charge in [0, 0.05) is 18.4 Å². The van der Waals surface area contributed by atoms with Gasteiger partial charge in [-0.3, -0.25) is 4.79 Å². The van der Waals surface area contributed by atoms with E-state index in [1.807, 2.05) is 30.3 Å². The molecular formula is C15H17NO3S. The molecule has 0 saturated carbocycles. The van der Waals surface area contributed by atoms with Crippen molar-refractivity contribution < 1.29 is 13.2 Å². The summed E-state index contributed by atoms with van der Waals surface area (Å²) in [6, 6.07) is 9.37. The minimum absolute atomic E-state index is 0.176. The van der Waals surface area contributed by atoms with Gasteiger partial charge in [0.15, 0.2) is 9.84 Å². The normalized spacial score (nSPS) is 10.2. The number of amides is 1. The zero-order chi connectivity index (χ0) is 15.0. The standard InChI is InChI=1S/C15H17NO3S/c1-3-11-16(15(17)13-20(2,18)19)12-7-10-14-8-5-4-6-9-14/h3-6,8-9H,1,11-13H2,2H3. The number of carbonyl (C=O) groups excluding carboxylic acids is 1. The fourth-order valence-electron chi connectivity index (χ4n) is 1.48. The summed E-state index contributed by atoms with van der Waals surface area (Å²) in [7, 11) is -3.34. The van der Waals surface area contributed by atoms with Crippen molar-refractivity contribution in [3.8, 4) is 11.8 Å². The highest BCUT2D eigenvalue weighted by Crippen LogP contribution is 1.97. The van der Waals surface area contributed by atoms with Crippen LogP contribution in [0.5, 0.6) is 0 Å². The Balaban J connectivity index is 2.71. The first kappa shape index (κ1) is 16.0. The molecule has 1 aromatic carbocycles. The molecule has 0 bridgehead atoms. The first-order chi connectivity index (χ1) is 9.42. The summed E-state index contributed by atoms with van der Waals surface area (Å²) in [6.07, 6.45) is 2.58. The Hall–Kier alpha value is -2.06. The molecule has 5 heteroatoms. The zero-order valence-electron chi connectivity index (χ0n) is 11.4. The van der Waals surface area contributed by atoms with E-state index in [1.165, 1.54) is 4.90 Å². The Labute approximate surface area is 120 Å². The topological polar surface area (TPSA) is 54.5 Å². The van der Waals surface area contributed by atoms with Crippen LogP contribution in [0.4, 0.5) is 0 Å². The summed E-state index contributed by atoms with van der Waals surface area (Å²) in [6.45, 7) is 4.01. The molecule has 0 radical (unpaired) electrons. The van der Waals surface area contributed by atoms with Crippen LogP contribution in [-0.4, -0.2) is 44.3 Å². The highest BCUT2D eigenvalue weighted by molar-refractivity contribution is 7.91. The molecule has 0 heterocycles. The minimum atomic E-state index is -3.34.